The maximum absolute atomic E-state index is 12.7. The molecule has 0 aliphatic carbocycles. The van der Waals surface area contributed by atoms with Crippen molar-refractivity contribution >= 4 is 11.7 Å². The van der Waals surface area contributed by atoms with Gasteiger partial charge in [0, 0.05) is 45.1 Å². The molecule has 6 heteroatoms. The van der Waals surface area contributed by atoms with Gasteiger partial charge >= 0.3 is 0 Å². The standard InChI is InChI=1S/C14H21N5O/c1-11-13(17-5-4-16-11)19-8-2-3-12(19)14(20)18-9-6-15-7-10-18/h4-5,12,15H,2-3,6-10H2,1H3. The first-order chi connectivity index (χ1) is 9.77. The average molecular weight is 275 g/mol. The van der Waals surface area contributed by atoms with Crippen molar-refractivity contribution < 1.29 is 4.79 Å². The van der Waals surface area contributed by atoms with E-state index in [2.05, 4.69) is 20.2 Å². The van der Waals surface area contributed by atoms with Gasteiger partial charge in [0.15, 0.2) is 5.82 Å². The summed E-state index contributed by atoms with van der Waals surface area (Å²) < 4.78 is 0. The molecule has 1 amide bonds. The number of nitrogens with one attached hydrogen (secondary N) is 1. The van der Waals surface area contributed by atoms with Crippen LogP contribution in [0.2, 0.25) is 0 Å². The molecule has 0 radical (unpaired) electrons. The number of hydrogen-bond donors (Lipinski definition) is 1. The highest BCUT2D eigenvalue weighted by atomic mass is 16.2. The third-order valence-corrected chi connectivity index (χ3v) is 4.09. The van der Waals surface area contributed by atoms with Gasteiger partial charge in [-0.1, -0.05) is 0 Å². The SMILES string of the molecule is Cc1nccnc1N1CCCC1C(=O)N1CCNCC1. The van der Waals surface area contributed by atoms with Crippen LogP contribution in [0.1, 0.15) is 18.5 Å². The van der Waals surface area contributed by atoms with E-state index in [-0.39, 0.29) is 11.9 Å². The number of nitrogens with zero attached hydrogens (tertiary/aromatic N) is 4. The van der Waals surface area contributed by atoms with Crippen molar-refractivity contribution in [2.24, 2.45) is 0 Å². The van der Waals surface area contributed by atoms with Crippen LogP contribution in [-0.2, 0) is 4.79 Å². The molecule has 1 N–H and O–H groups in total. The number of amides is 1. The molecule has 2 aliphatic rings. The molecule has 0 saturated carbocycles. The molecule has 1 atom stereocenters. The highest BCUT2D eigenvalue weighted by molar-refractivity contribution is 5.86. The first kappa shape index (κ1) is 13.3. The van der Waals surface area contributed by atoms with E-state index in [0.29, 0.717) is 0 Å². The molecule has 0 aromatic carbocycles. The predicted octanol–water partition coefficient (Wildman–Crippen LogP) is 0.186. The van der Waals surface area contributed by atoms with Crippen molar-refractivity contribution in [2.75, 3.05) is 37.6 Å². The molecule has 1 aromatic rings. The lowest BCUT2D eigenvalue weighted by Gasteiger charge is -2.33. The highest BCUT2D eigenvalue weighted by Gasteiger charge is 2.35. The fourth-order valence-corrected chi connectivity index (χ4v) is 3.06. The predicted molar refractivity (Wildman–Crippen MR) is 76.6 cm³/mol. The van der Waals surface area contributed by atoms with Crippen LogP contribution in [0.3, 0.4) is 0 Å². The first-order valence-corrected chi connectivity index (χ1v) is 7.31. The monoisotopic (exact) mass is 275 g/mol. The van der Waals surface area contributed by atoms with Gasteiger partial charge in [0.05, 0.1) is 5.69 Å². The summed E-state index contributed by atoms with van der Waals surface area (Å²) >= 11 is 0. The fourth-order valence-electron chi connectivity index (χ4n) is 3.06. The first-order valence-electron chi connectivity index (χ1n) is 7.31. The van der Waals surface area contributed by atoms with E-state index in [0.717, 1.165) is 57.1 Å². The summed E-state index contributed by atoms with van der Waals surface area (Å²) in [5.41, 5.74) is 0.896. The Labute approximate surface area is 119 Å². The number of aryl methyl sites for hydroxylation is 1. The third-order valence-electron chi connectivity index (χ3n) is 4.09. The molecular weight excluding hydrogens is 254 g/mol. The second kappa shape index (κ2) is 5.75. The van der Waals surface area contributed by atoms with E-state index in [1.54, 1.807) is 12.4 Å². The molecule has 0 bridgehead atoms. The largest absolute Gasteiger partial charge is 0.343 e. The number of hydrogen-bond acceptors (Lipinski definition) is 5. The molecule has 6 nitrogen and oxygen atoms in total. The minimum Gasteiger partial charge on any atom is -0.343 e. The summed E-state index contributed by atoms with van der Waals surface area (Å²) in [4.78, 5) is 25.5. The normalized spacial score (nSPS) is 23.1. The van der Waals surface area contributed by atoms with E-state index in [1.165, 1.54) is 0 Å². The Morgan fingerprint density at radius 2 is 2.00 bits per heavy atom. The zero-order valence-electron chi connectivity index (χ0n) is 11.9. The average Bonchev–Trinajstić information content (AvgIpc) is 2.97. The van der Waals surface area contributed by atoms with E-state index >= 15 is 0 Å². The summed E-state index contributed by atoms with van der Waals surface area (Å²) in [6, 6.07) is -0.0662. The third kappa shape index (κ3) is 2.47. The van der Waals surface area contributed by atoms with Crippen LogP contribution in [0, 0.1) is 6.92 Å². The second-order valence-electron chi connectivity index (χ2n) is 5.39. The molecule has 3 rings (SSSR count). The Hall–Kier alpha value is -1.69. The van der Waals surface area contributed by atoms with Gasteiger partial charge < -0.3 is 15.1 Å². The van der Waals surface area contributed by atoms with E-state index in [9.17, 15) is 4.79 Å². The number of rotatable bonds is 2. The van der Waals surface area contributed by atoms with Crippen molar-refractivity contribution in [1.29, 1.82) is 0 Å². The zero-order valence-corrected chi connectivity index (χ0v) is 11.9. The molecule has 1 unspecified atom stereocenters. The van der Waals surface area contributed by atoms with Gasteiger partial charge in [-0.15, -0.1) is 0 Å². The lowest BCUT2D eigenvalue weighted by molar-refractivity contribution is -0.133. The van der Waals surface area contributed by atoms with Crippen molar-refractivity contribution in [3.8, 4) is 0 Å². The van der Waals surface area contributed by atoms with Crippen molar-refractivity contribution in [1.82, 2.24) is 20.2 Å². The van der Waals surface area contributed by atoms with Crippen LogP contribution in [0.4, 0.5) is 5.82 Å². The summed E-state index contributed by atoms with van der Waals surface area (Å²) in [5.74, 6) is 1.10. The highest BCUT2D eigenvalue weighted by Crippen LogP contribution is 2.26. The van der Waals surface area contributed by atoms with Crippen molar-refractivity contribution in [3.63, 3.8) is 0 Å². The second-order valence-corrected chi connectivity index (χ2v) is 5.39. The molecule has 0 spiro atoms. The van der Waals surface area contributed by atoms with Crippen molar-refractivity contribution in [2.45, 2.75) is 25.8 Å². The molecule has 20 heavy (non-hydrogen) atoms. The Morgan fingerprint density at radius 3 is 2.75 bits per heavy atom. The van der Waals surface area contributed by atoms with Crippen LogP contribution >= 0.6 is 0 Å². The maximum Gasteiger partial charge on any atom is 0.245 e. The smallest absolute Gasteiger partial charge is 0.245 e. The van der Waals surface area contributed by atoms with Crippen LogP contribution in [-0.4, -0.2) is 59.5 Å². The van der Waals surface area contributed by atoms with Crippen molar-refractivity contribution in [3.05, 3.63) is 18.1 Å². The van der Waals surface area contributed by atoms with Crippen LogP contribution < -0.4 is 10.2 Å². The number of aromatic nitrogens is 2. The van der Waals surface area contributed by atoms with Gasteiger partial charge in [-0.2, -0.15) is 0 Å². The van der Waals surface area contributed by atoms with E-state index in [1.807, 2.05) is 11.8 Å². The van der Waals surface area contributed by atoms with Gasteiger partial charge in [0.25, 0.3) is 0 Å². The molecule has 1 aromatic heterocycles. The molecule has 2 aliphatic heterocycles. The topological polar surface area (TPSA) is 61.4 Å². The van der Waals surface area contributed by atoms with Crippen LogP contribution in [0.5, 0.6) is 0 Å². The fraction of sp³-hybridized carbons (Fsp3) is 0.643. The number of piperazine rings is 1. The maximum atomic E-state index is 12.7. The van der Waals surface area contributed by atoms with Crippen LogP contribution in [0.25, 0.3) is 0 Å². The molecule has 108 valence electrons. The lowest BCUT2D eigenvalue weighted by atomic mass is 10.1. The summed E-state index contributed by atoms with van der Waals surface area (Å²) in [6.45, 7) is 6.24. The molecule has 2 saturated heterocycles. The Bertz CT molecular complexity index is 486. The van der Waals surface area contributed by atoms with Gasteiger partial charge in [-0.3, -0.25) is 9.78 Å². The lowest BCUT2D eigenvalue weighted by Crippen LogP contribution is -2.52. The van der Waals surface area contributed by atoms with Gasteiger partial charge in [0.1, 0.15) is 6.04 Å². The number of carbonyl (C=O) groups excluding carboxylic acids is 1. The number of anilines is 1. The quantitative estimate of drug-likeness (QED) is 0.834. The summed E-state index contributed by atoms with van der Waals surface area (Å²) in [6.07, 6.45) is 5.35. The van der Waals surface area contributed by atoms with E-state index in [4.69, 9.17) is 0 Å². The summed E-state index contributed by atoms with van der Waals surface area (Å²) in [5, 5.41) is 3.28. The minimum absolute atomic E-state index is 0.0662. The zero-order chi connectivity index (χ0) is 13.9. The van der Waals surface area contributed by atoms with E-state index < -0.39 is 0 Å². The van der Waals surface area contributed by atoms with Gasteiger partial charge in [-0.25, -0.2) is 4.98 Å². The Kier molecular flexibility index (Phi) is 3.82. The van der Waals surface area contributed by atoms with Gasteiger partial charge in [-0.05, 0) is 19.8 Å². The number of carbonyl (C=O) groups is 1. The van der Waals surface area contributed by atoms with Crippen LogP contribution in [0.15, 0.2) is 12.4 Å². The molecule has 2 fully saturated rings. The molecule has 3 heterocycles. The minimum atomic E-state index is -0.0662. The summed E-state index contributed by atoms with van der Waals surface area (Å²) in [7, 11) is 0. The molecular formula is C14H21N5O. The van der Waals surface area contributed by atoms with Gasteiger partial charge in [0.2, 0.25) is 5.91 Å². The Balaban J connectivity index is 1.78. The Morgan fingerprint density at radius 1 is 1.25 bits per heavy atom.